The summed E-state index contributed by atoms with van der Waals surface area (Å²) in [6, 6.07) is 49.3. The van der Waals surface area contributed by atoms with Crippen LogP contribution in [0.15, 0.2) is 183 Å². The van der Waals surface area contributed by atoms with Crippen molar-refractivity contribution in [2.75, 3.05) is 0 Å². The first-order chi connectivity index (χ1) is 49.0. The monoisotopic (exact) mass is 1370 g/mol. The largest absolute Gasteiger partial charge is 0.334 e. The lowest BCUT2D eigenvalue weighted by Gasteiger charge is -2.18. The number of fused-ring (bicyclic) bond motifs is 1. The second-order valence-electron chi connectivity index (χ2n) is 31.2. The highest BCUT2D eigenvalue weighted by Gasteiger charge is 2.27. The molecule has 0 saturated heterocycles. The number of aromatic nitrogens is 13. The van der Waals surface area contributed by atoms with E-state index in [9.17, 15) is 0 Å². The topological polar surface area (TPSA) is 99.7 Å². The lowest BCUT2D eigenvalue weighted by molar-refractivity contribution is -0.661. The summed E-state index contributed by atoms with van der Waals surface area (Å²) in [5.74, 6) is 4.79. The van der Waals surface area contributed by atoms with Gasteiger partial charge in [0.2, 0.25) is 22.8 Å². The van der Waals surface area contributed by atoms with Crippen LogP contribution in [-0.2, 0) is 69.2 Å². The number of benzene rings is 4. The normalized spacial score (nSPS) is 12.4. The van der Waals surface area contributed by atoms with Crippen molar-refractivity contribution >= 4 is 11.0 Å². The Bertz CT molecular complexity index is 5100. The quantitative estimate of drug-likeness (QED) is 0.120. The standard InChI is InChI=1S/C24H30N3.C22H23N4.2C22H28N3/c1-16-13-17(2)23(26(4)14-16)20-11-8-12-21(18(20)3)24-25-22(15-27(24)5)19-9-6-7-10-19;1-14-13-20-21(16(3)23-14)24-22(26(20)5)18-10-8-9-17(15(18)2)19-11-6-7-12-25(19)4;1-16-18(20-12-7-8-13-24(20)5)10-9-11-19(16)21-23-17(15-25(21)6)14-22(2,3)4;1-16-18(20-12-7-8-13-24(20)5)10-9-11-19(16)21-23-15-17(25(21)6)14-22(2,3)4/h8,11-15,19H,6-7,9-10H2,1-5H3;6-13H,1-5H3;2*7-13,15H,14H2,1-6H3/q4*+1. The Morgan fingerprint density at radius 3 is 1.37 bits per heavy atom. The van der Waals surface area contributed by atoms with Crippen LogP contribution < -0.4 is 18.3 Å². The summed E-state index contributed by atoms with van der Waals surface area (Å²) < 4.78 is 17.5. The molecule has 9 aromatic heterocycles. The lowest BCUT2D eigenvalue weighted by Crippen LogP contribution is -2.32. The van der Waals surface area contributed by atoms with Crippen molar-refractivity contribution in [1.29, 1.82) is 0 Å². The maximum Gasteiger partial charge on any atom is 0.215 e. The van der Waals surface area contributed by atoms with E-state index in [2.05, 4.69) is 352 Å². The minimum absolute atomic E-state index is 0.236. The van der Waals surface area contributed by atoms with Gasteiger partial charge in [0.25, 0.3) is 0 Å². The van der Waals surface area contributed by atoms with Gasteiger partial charge in [-0.1, -0.05) is 103 Å². The zero-order chi connectivity index (χ0) is 73.9. The van der Waals surface area contributed by atoms with Gasteiger partial charge >= 0.3 is 0 Å². The fourth-order valence-corrected chi connectivity index (χ4v) is 15.2. The molecule has 1 fully saturated rings. The minimum atomic E-state index is 0.236. The van der Waals surface area contributed by atoms with Crippen LogP contribution in [0.3, 0.4) is 0 Å². The van der Waals surface area contributed by atoms with E-state index in [0.717, 1.165) is 69.8 Å². The average molecular weight is 1370 g/mol. The number of hydrogen-bond acceptors (Lipinski definition) is 5. The molecule has 13 aromatic rings. The first-order valence-corrected chi connectivity index (χ1v) is 36.6. The van der Waals surface area contributed by atoms with Gasteiger partial charge in [0.05, 0.1) is 28.2 Å². The van der Waals surface area contributed by atoms with Crippen LogP contribution in [0.25, 0.3) is 102 Å². The van der Waals surface area contributed by atoms with Gasteiger partial charge in [0.15, 0.2) is 24.8 Å². The Kier molecular flexibility index (Phi) is 22.1. The van der Waals surface area contributed by atoms with E-state index in [0.29, 0.717) is 5.92 Å². The molecule has 0 spiro atoms. The third-order valence-corrected chi connectivity index (χ3v) is 20.4. The Labute approximate surface area is 613 Å². The molecule has 0 aliphatic heterocycles. The van der Waals surface area contributed by atoms with Crippen molar-refractivity contribution in [2.24, 2.45) is 67.2 Å². The third kappa shape index (κ3) is 16.3. The van der Waals surface area contributed by atoms with E-state index in [-0.39, 0.29) is 10.8 Å². The molecule has 13 nitrogen and oxygen atoms in total. The Morgan fingerprint density at radius 2 is 0.883 bits per heavy atom. The molecule has 0 atom stereocenters. The fraction of sp³-hybridized carbons (Fsp3) is 0.344. The van der Waals surface area contributed by atoms with E-state index < -0.39 is 0 Å². The molecule has 0 N–H and O–H groups in total. The van der Waals surface area contributed by atoms with Gasteiger partial charge in [-0.2, -0.15) is 0 Å². The summed E-state index contributed by atoms with van der Waals surface area (Å²) in [5, 5.41) is 0. The molecule has 0 amide bonds. The van der Waals surface area contributed by atoms with Crippen LogP contribution in [0, 0.1) is 66.2 Å². The van der Waals surface area contributed by atoms with Crippen molar-refractivity contribution < 1.29 is 18.3 Å². The van der Waals surface area contributed by atoms with Gasteiger partial charge in [-0.25, -0.2) is 38.2 Å². The Hall–Kier alpha value is -10.3. The highest BCUT2D eigenvalue weighted by atomic mass is 15.1. The molecule has 1 aliphatic rings. The molecule has 9 heterocycles. The molecule has 0 radical (unpaired) electrons. The van der Waals surface area contributed by atoms with Crippen LogP contribution in [0.1, 0.15) is 135 Å². The van der Waals surface area contributed by atoms with Crippen molar-refractivity contribution in [3.05, 3.63) is 245 Å². The maximum atomic E-state index is 5.07. The second kappa shape index (κ2) is 30.7. The maximum absolute atomic E-state index is 5.07. The minimum Gasteiger partial charge on any atom is -0.334 e. The third-order valence-electron chi connectivity index (χ3n) is 20.4. The molecule has 13 heteroatoms. The lowest BCUT2D eigenvalue weighted by atomic mass is 9.91. The molecule has 103 heavy (non-hydrogen) atoms. The predicted molar refractivity (Wildman–Crippen MR) is 422 cm³/mol. The number of pyridine rings is 5. The van der Waals surface area contributed by atoms with E-state index in [1.54, 1.807) is 0 Å². The SMILES string of the molecule is Cc1c(-c2nc(CC(C)(C)C)cn2C)cccc1-c1cccc[n+]1C.Cc1c(-c2ncc(CC(C)(C)C)n2C)cccc1-c1cccc[n+]1C.Cc1cc(C)c(-c2cccc(-c3nc(C4CCCC4)cn3C)c2C)[n+](C)c1.Cc1cc2c(nc(-c3cccc(-c4cccc[n+]4C)c3C)n2C)c(C)n1. The van der Waals surface area contributed by atoms with Gasteiger partial charge < -0.3 is 18.3 Å². The molecule has 1 aliphatic carbocycles. The summed E-state index contributed by atoms with van der Waals surface area (Å²) in [6.07, 6.45) is 22.1. The molecule has 14 rings (SSSR count). The van der Waals surface area contributed by atoms with Crippen molar-refractivity contribution in [3.63, 3.8) is 0 Å². The number of nitrogens with zero attached hydrogens (tertiary/aromatic N) is 13. The van der Waals surface area contributed by atoms with Gasteiger partial charge in [-0.3, -0.25) is 4.98 Å². The zero-order valence-corrected chi connectivity index (χ0v) is 65.5. The van der Waals surface area contributed by atoms with Crippen LogP contribution in [0.5, 0.6) is 0 Å². The summed E-state index contributed by atoms with van der Waals surface area (Å²) in [4.78, 5) is 24.3. The predicted octanol–water partition coefficient (Wildman–Crippen LogP) is 18.2. The van der Waals surface area contributed by atoms with E-state index >= 15 is 0 Å². The summed E-state index contributed by atoms with van der Waals surface area (Å²) in [6.45, 7) is 30.7. The number of imidazole rings is 4. The Morgan fingerprint density at radius 1 is 0.437 bits per heavy atom. The van der Waals surface area contributed by atoms with Crippen LogP contribution >= 0.6 is 0 Å². The average Bonchev–Trinajstić information content (AvgIpc) is 1.66. The van der Waals surface area contributed by atoms with E-state index in [1.165, 1.54) is 132 Å². The van der Waals surface area contributed by atoms with Gasteiger partial charge in [0, 0.05) is 151 Å². The molecular weight excluding hydrogens is 1260 g/mol. The smallest absolute Gasteiger partial charge is 0.215 e. The van der Waals surface area contributed by atoms with Gasteiger partial charge in [0.1, 0.15) is 57.0 Å². The van der Waals surface area contributed by atoms with Crippen LogP contribution in [-0.4, -0.2) is 43.2 Å². The van der Waals surface area contributed by atoms with Gasteiger partial charge in [-0.05, 0) is 169 Å². The van der Waals surface area contributed by atoms with E-state index in [4.69, 9.17) is 19.9 Å². The van der Waals surface area contributed by atoms with Crippen LogP contribution in [0.2, 0.25) is 0 Å². The summed E-state index contributed by atoms with van der Waals surface area (Å²) in [5.41, 5.74) is 30.6. The first kappa shape index (κ1) is 73.9. The summed E-state index contributed by atoms with van der Waals surface area (Å²) in [7, 11) is 16.8. The van der Waals surface area contributed by atoms with Crippen LogP contribution in [0.4, 0.5) is 0 Å². The first-order valence-electron chi connectivity index (χ1n) is 36.6. The Balaban J connectivity index is 0.000000138. The van der Waals surface area contributed by atoms with E-state index in [1.807, 2.05) is 26.1 Å². The molecule has 0 bridgehead atoms. The highest BCUT2D eigenvalue weighted by Crippen LogP contribution is 2.39. The summed E-state index contributed by atoms with van der Waals surface area (Å²) >= 11 is 0. The second-order valence-corrected chi connectivity index (χ2v) is 31.2. The highest BCUT2D eigenvalue weighted by molar-refractivity contribution is 5.85. The molecule has 530 valence electrons. The molecule has 0 unspecified atom stereocenters. The number of aryl methyl sites for hydroxylation is 11. The zero-order valence-electron chi connectivity index (χ0n) is 65.5. The number of rotatable bonds is 11. The fourth-order valence-electron chi connectivity index (χ4n) is 15.2. The van der Waals surface area contributed by atoms with Crippen molar-refractivity contribution in [2.45, 2.75) is 141 Å². The molecular formula is C90H109N13+4. The molecule has 1 saturated carbocycles. The molecule has 4 aromatic carbocycles. The van der Waals surface area contributed by atoms with Crippen molar-refractivity contribution in [3.8, 4) is 90.6 Å². The number of hydrogen-bond donors (Lipinski definition) is 0. The van der Waals surface area contributed by atoms with Gasteiger partial charge in [-0.15, -0.1) is 0 Å². The van der Waals surface area contributed by atoms with Crippen molar-refractivity contribution in [1.82, 2.24) is 43.2 Å².